The van der Waals surface area contributed by atoms with Gasteiger partial charge in [-0.3, -0.25) is 0 Å². The summed E-state index contributed by atoms with van der Waals surface area (Å²) in [5, 5.41) is 29.7. The van der Waals surface area contributed by atoms with Crippen molar-refractivity contribution in [2.24, 2.45) is 5.73 Å². The third-order valence-corrected chi connectivity index (χ3v) is 4.26. The summed E-state index contributed by atoms with van der Waals surface area (Å²) >= 11 is 1.32. The summed E-state index contributed by atoms with van der Waals surface area (Å²) in [6.45, 7) is 7.21. The second kappa shape index (κ2) is 8.04. The average Bonchev–Trinajstić information content (AvgIpc) is 2.41. The van der Waals surface area contributed by atoms with Gasteiger partial charge in [-0.1, -0.05) is 12.2 Å². The van der Waals surface area contributed by atoms with E-state index in [0.717, 1.165) is 0 Å². The number of hydrogen-bond donors (Lipinski definition) is 4. The monoisotopic (exact) mass is 289 g/mol. The molecule has 0 saturated carbocycles. The molecule has 0 aliphatic carbocycles. The van der Waals surface area contributed by atoms with Gasteiger partial charge in [-0.2, -0.15) is 0 Å². The normalized spacial score (nSPS) is 36.7. The fourth-order valence-corrected chi connectivity index (χ4v) is 2.89. The van der Waals surface area contributed by atoms with Crippen molar-refractivity contribution in [1.29, 1.82) is 0 Å². The van der Waals surface area contributed by atoms with Crippen LogP contribution in [0.4, 0.5) is 0 Å². The van der Waals surface area contributed by atoms with E-state index in [4.69, 9.17) is 10.5 Å². The van der Waals surface area contributed by atoms with Gasteiger partial charge in [0.05, 0.1) is 0 Å². The summed E-state index contributed by atoms with van der Waals surface area (Å²) in [6, 6.07) is -0.415. The average molecular weight is 289 g/mol. The van der Waals surface area contributed by atoms with Crippen molar-refractivity contribution in [2.75, 3.05) is 5.75 Å². The van der Waals surface area contributed by atoms with Crippen LogP contribution in [-0.4, -0.2) is 57.0 Å². The molecule has 0 aromatic heterocycles. The number of ether oxygens (including phenoxy) is 1. The predicted molar refractivity (Wildman–Crippen MR) is 76.7 cm³/mol. The van der Waals surface area contributed by atoms with E-state index >= 15 is 0 Å². The number of rotatable bonds is 7. The van der Waals surface area contributed by atoms with E-state index in [9.17, 15) is 15.3 Å². The molecule has 110 valence electrons. The zero-order valence-corrected chi connectivity index (χ0v) is 11.7. The third kappa shape index (κ3) is 4.30. The third-order valence-electron chi connectivity index (χ3n) is 3.11. The lowest BCUT2D eigenvalue weighted by Gasteiger charge is -2.42. The highest BCUT2D eigenvalue weighted by Gasteiger charge is 2.45. The molecule has 1 aliphatic rings. The first-order chi connectivity index (χ1) is 9.02. The van der Waals surface area contributed by atoms with Crippen LogP contribution in [0.15, 0.2) is 25.3 Å². The molecule has 19 heavy (non-hydrogen) atoms. The summed E-state index contributed by atoms with van der Waals surface area (Å²) in [5.74, 6) is 0.582. The van der Waals surface area contributed by atoms with Crippen LogP contribution >= 0.6 is 11.8 Å². The molecule has 5 N–H and O–H groups in total. The van der Waals surface area contributed by atoms with E-state index in [-0.39, 0.29) is 0 Å². The standard InChI is InChI=1S/C13H23NO4S/c1-3-5-6-8(14)12-10(16)9(15)11(17)13(18-12)19-7-4-2/h3-4,8-13,15-17H,1-2,5-7,14H2/t8?,9-,10+,11+,12+,13+/m0/s1. The first-order valence-electron chi connectivity index (χ1n) is 6.31. The maximum Gasteiger partial charge on any atom is 0.132 e. The van der Waals surface area contributed by atoms with E-state index in [2.05, 4.69) is 13.2 Å². The van der Waals surface area contributed by atoms with Gasteiger partial charge >= 0.3 is 0 Å². The first kappa shape index (κ1) is 16.7. The molecule has 0 aromatic carbocycles. The molecule has 0 aromatic rings. The van der Waals surface area contributed by atoms with Crippen LogP contribution in [0.2, 0.25) is 0 Å². The van der Waals surface area contributed by atoms with Gasteiger partial charge in [-0.05, 0) is 12.8 Å². The summed E-state index contributed by atoms with van der Waals surface area (Å²) in [5.41, 5.74) is 5.35. The van der Waals surface area contributed by atoms with Gasteiger partial charge < -0.3 is 25.8 Å². The molecule has 6 atom stereocenters. The molecule has 1 fully saturated rings. The predicted octanol–water partition coefficient (Wildman–Crippen LogP) is 0.00670. The van der Waals surface area contributed by atoms with E-state index in [0.29, 0.717) is 18.6 Å². The van der Waals surface area contributed by atoms with Crippen LogP contribution in [0.1, 0.15) is 12.8 Å². The largest absolute Gasteiger partial charge is 0.388 e. The number of nitrogens with two attached hydrogens (primary N) is 1. The Balaban J connectivity index is 2.68. The lowest BCUT2D eigenvalue weighted by atomic mass is 9.93. The zero-order valence-electron chi connectivity index (χ0n) is 10.9. The molecule has 6 heteroatoms. The summed E-state index contributed by atoms with van der Waals surface area (Å²) in [4.78, 5) is 0. The van der Waals surface area contributed by atoms with Gasteiger partial charge in [0.1, 0.15) is 29.9 Å². The number of aliphatic hydroxyl groups excluding tert-OH is 3. The minimum atomic E-state index is -1.25. The molecular formula is C13H23NO4S. The molecular weight excluding hydrogens is 266 g/mol. The van der Waals surface area contributed by atoms with Crippen molar-refractivity contribution in [3.63, 3.8) is 0 Å². The Kier molecular flexibility index (Phi) is 7.06. The van der Waals surface area contributed by atoms with Crippen molar-refractivity contribution in [3.05, 3.63) is 25.3 Å². The van der Waals surface area contributed by atoms with Gasteiger partial charge in [0.25, 0.3) is 0 Å². The molecule has 0 bridgehead atoms. The van der Waals surface area contributed by atoms with Crippen LogP contribution in [0.3, 0.4) is 0 Å². The number of thioether (sulfide) groups is 1. The second-order valence-corrected chi connectivity index (χ2v) is 5.72. The summed E-state index contributed by atoms with van der Waals surface area (Å²) in [7, 11) is 0. The Bertz CT molecular complexity index is 302. The smallest absolute Gasteiger partial charge is 0.132 e. The Morgan fingerprint density at radius 1 is 1.16 bits per heavy atom. The molecule has 1 aliphatic heterocycles. The molecule has 1 rings (SSSR count). The summed E-state index contributed by atoms with van der Waals surface area (Å²) in [6.07, 6.45) is 0.466. The minimum absolute atomic E-state index is 0.415. The lowest BCUT2D eigenvalue weighted by molar-refractivity contribution is -0.202. The number of allylic oxidation sites excluding steroid dienone is 1. The molecule has 0 amide bonds. The molecule has 0 radical (unpaired) electrons. The van der Waals surface area contributed by atoms with Crippen molar-refractivity contribution >= 4 is 11.8 Å². The Morgan fingerprint density at radius 3 is 2.42 bits per heavy atom. The highest BCUT2D eigenvalue weighted by atomic mass is 32.2. The maximum atomic E-state index is 9.95. The number of hydrogen-bond acceptors (Lipinski definition) is 6. The van der Waals surface area contributed by atoms with Crippen molar-refractivity contribution in [2.45, 2.75) is 48.7 Å². The topological polar surface area (TPSA) is 95.9 Å². The van der Waals surface area contributed by atoms with Crippen LogP contribution in [-0.2, 0) is 4.74 Å². The Morgan fingerprint density at radius 2 is 1.84 bits per heavy atom. The Hall–Kier alpha value is -0.370. The van der Waals surface area contributed by atoms with E-state index in [1.54, 1.807) is 12.2 Å². The Labute approximate surface area is 118 Å². The second-order valence-electron chi connectivity index (χ2n) is 4.59. The molecule has 5 nitrogen and oxygen atoms in total. The molecule has 1 heterocycles. The van der Waals surface area contributed by atoms with Crippen molar-refractivity contribution < 1.29 is 20.1 Å². The van der Waals surface area contributed by atoms with E-state index in [1.165, 1.54) is 11.8 Å². The first-order valence-corrected chi connectivity index (χ1v) is 7.36. The highest BCUT2D eigenvalue weighted by molar-refractivity contribution is 7.99. The molecule has 1 saturated heterocycles. The maximum absolute atomic E-state index is 9.95. The van der Waals surface area contributed by atoms with E-state index < -0.39 is 35.9 Å². The van der Waals surface area contributed by atoms with Gasteiger partial charge in [0.2, 0.25) is 0 Å². The van der Waals surface area contributed by atoms with Crippen molar-refractivity contribution in [3.8, 4) is 0 Å². The van der Waals surface area contributed by atoms with Crippen molar-refractivity contribution in [1.82, 2.24) is 0 Å². The van der Waals surface area contributed by atoms with Crippen LogP contribution in [0, 0.1) is 0 Å². The van der Waals surface area contributed by atoms with Crippen LogP contribution in [0.25, 0.3) is 0 Å². The molecule has 0 spiro atoms. The van der Waals surface area contributed by atoms with Gasteiger partial charge in [-0.25, -0.2) is 0 Å². The van der Waals surface area contributed by atoms with Crippen LogP contribution < -0.4 is 5.73 Å². The van der Waals surface area contributed by atoms with E-state index in [1.807, 2.05) is 0 Å². The zero-order chi connectivity index (χ0) is 14.4. The minimum Gasteiger partial charge on any atom is -0.388 e. The fraction of sp³-hybridized carbons (Fsp3) is 0.692. The molecule has 1 unspecified atom stereocenters. The lowest BCUT2D eigenvalue weighted by Crippen LogP contribution is -2.61. The van der Waals surface area contributed by atoms with Crippen LogP contribution in [0.5, 0.6) is 0 Å². The SMILES string of the molecule is C=CCCC(N)[C@H]1O[C@H](SCC=C)[C@H](O)[C@@H](O)[C@H]1O. The van der Waals surface area contributed by atoms with Gasteiger partial charge in [-0.15, -0.1) is 24.9 Å². The van der Waals surface area contributed by atoms with Gasteiger partial charge in [0, 0.05) is 11.8 Å². The number of aliphatic hydroxyl groups is 3. The quantitative estimate of drug-likeness (QED) is 0.493. The highest BCUT2D eigenvalue weighted by Crippen LogP contribution is 2.30. The summed E-state index contributed by atoms with van der Waals surface area (Å²) < 4.78 is 5.64. The van der Waals surface area contributed by atoms with Gasteiger partial charge in [0.15, 0.2) is 0 Å². The fourth-order valence-electron chi connectivity index (χ4n) is 2.00.